The fraction of sp³-hybridized carbons (Fsp3) is 0.632. The van der Waals surface area contributed by atoms with Crippen LogP contribution in [0.15, 0.2) is 24.3 Å². The van der Waals surface area contributed by atoms with Crippen molar-refractivity contribution in [3.05, 3.63) is 35.6 Å². The predicted molar refractivity (Wildman–Crippen MR) is 98.0 cm³/mol. The SMILES string of the molecule is Cl.NC1CCCC(C(=O)N(Cc2cccc(F)c2)CC2CCCO2)C1. The highest BCUT2D eigenvalue weighted by molar-refractivity contribution is 5.85. The van der Waals surface area contributed by atoms with Gasteiger partial charge in [0.05, 0.1) is 6.10 Å². The van der Waals surface area contributed by atoms with Crippen molar-refractivity contribution in [2.75, 3.05) is 13.2 Å². The van der Waals surface area contributed by atoms with E-state index < -0.39 is 0 Å². The van der Waals surface area contributed by atoms with Gasteiger partial charge >= 0.3 is 0 Å². The third kappa shape index (κ3) is 5.66. The zero-order chi connectivity index (χ0) is 16.9. The summed E-state index contributed by atoms with van der Waals surface area (Å²) in [7, 11) is 0. The van der Waals surface area contributed by atoms with Crippen molar-refractivity contribution >= 4 is 18.3 Å². The van der Waals surface area contributed by atoms with Crippen LogP contribution in [0.4, 0.5) is 4.39 Å². The Balaban J connectivity index is 0.00000225. The minimum Gasteiger partial charge on any atom is -0.376 e. The van der Waals surface area contributed by atoms with Gasteiger partial charge in [0.15, 0.2) is 0 Å². The first-order valence-corrected chi connectivity index (χ1v) is 9.02. The standard InChI is InChI=1S/C19H27FN2O2.ClH/c20-16-6-1-4-14(10-16)12-22(13-18-8-3-9-24-18)19(23)15-5-2-7-17(21)11-15;/h1,4,6,10,15,17-18H,2-3,5,7-9,11-13,21H2;1H. The van der Waals surface area contributed by atoms with Crippen molar-refractivity contribution < 1.29 is 13.9 Å². The number of carbonyl (C=O) groups excluding carboxylic acids is 1. The van der Waals surface area contributed by atoms with Crippen molar-refractivity contribution in [3.63, 3.8) is 0 Å². The third-order valence-electron chi connectivity index (χ3n) is 5.09. The van der Waals surface area contributed by atoms with Gasteiger partial charge in [0.2, 0.25) is 5.91 Å². The Labute approximate surface area is 155 Å². The Bertz CT molecular complexity index is 566. The Kier molecular flexibility index (Phi) is 7.66. The molecule has 1 aliphatic heterocycles. The average molecular weight is 371 g/mol. The van der Waals surface area contributed by atoms with Gasteiger partial charge in [0.1, 0.15) is 5.82 Å². The highest BCUT2D eigenvalue weighted by Gasteiger charge is 2.31. The van der Waals surface area contributed by atoms with E-state index in [1.54, 1.807) is 6.07 Å². The molecule has 3 rings (SSSR count). The van der Waals surface area contributed by atoms with Crippen molar-refractivity contribution in [2.24, 2.45) is 11.7 Å². The number of benzene rings is 1. The van der Waals surface area contributed by atoms with Gasteiger partial charge in [-0.3, -0.25) is 4.79 Å². The van der Waals surface area contributed by atoms with Gasteiger partial charge in [-0.15, -0.1) is 12.4 Å². The molecule has 6 heteroatoms. The van der Waals surface area contributed by atoms with E-state index in [0.717, 1.165) is 50.7 Å². The molecule has 3 unspecified atom stereocenters. The summed E-state index contributed by atoms with van der Waals surface area (Å²) < 4.78 is 19.2. The van der Waals surface area contributed by atoms with E-state index in [2.05, 4.69) is 0 Å². The second-order valence-electron chi connectivity index (χ2n) is 7.11. The van der Waals surface area contributed by atoms with Crippen LogP contribution in [0.3, 0.4) is 0 Å². The first-order valence-electron chi connectivity index (χ1n) is 9.02. The zero-order valence-corrected chi connectivity index (χ0v) is 15.3. The summed E-state index contributed by atoms with van der Waals surface area (Å²) in [6, 6.07) is 6.60. The van der Waals surface area contributed by atoms with Gasteiger partial charge in [-0.1, -0.05) is 18.6 Å². The zero-order valence-electron chi connectivity index (χ0n) is 14.5. The van der Waals surface area contributed by atoms with Gasteiger partial charge < -0.3 is 15.4 Å². The Morgan fingerprint density at radius 2 is 2.12 bits per heavy atom. The lowest BCUT2D eigenvalue weighted by molar-refractivity contribution is -0.139. The largest absolute Gasteiger partial charge is 0.376 e. The van der Waals surface area contributed by atoms with Crippen LogP contribution in [-0.2, 0) is 16.1 Å². The molecule has 1 aromatic rings. The van der Waals surface area contributed by atoms with E-state index in [9.17, 15) is 9.18 Å². The first kappa shape index (κ1) is 20.1. The lowest BCUT2D eigenvalue weighted by Gasteiger charge is -2.32. The van der Waals surface area contributed by atoms with Gasteiger partial charge in [-0.2, -0.15) is 0 Å². The number of nitrogens with two attached hydrogens (primary N) is 1. The third-order valence-corrected chi connectivity index (χ3v) is 5.09. The smallest absolute Gasteiger partial charge is 0.226 e. The maximum absolute atomic E-state index is 13.5. The molecule has 1 saturated carbocycles. The van der Waals surface area contributed by atoms with Crippen molar-refractivity contribution in [1.29, 1.82) is 0 Å². The quantitative estimate of drug-likeness (QED) is 0.865. The van der Waals surface area contributed by atoms with Crippen LogP contribution >= 0.6 is 12.4 Å². The van der Waals surface area contributed by atoms with Crippen LogP contribution < -0.4 is 5.73 Å². The van der Waals surface area contributed by atoms with Gasteiger partial charge in [0, 0.05) is 31.7 Å². The molecule has 1 aromatic carbocycles. The maximum Gasteiger partial charge on any atom is 0.226 e. The maximum atomic E-state index is 13.5. The highest BCUT2D eigenvalue weighted by Crippen LogP contribution is 2.26. The monoisotopic (exact) mass is 370 g/mol. The number of amides is 1. The Hall–Kier alpha value is -1.17. The molecule has 0 spiro atoms. The normalized spacial score (nSPS) is 26.1. The Morgan fingerprint density at radius 3 is 2.80 bits per heavy atom. The molecular formula is C19H28ClFN2O2. The second-order valence-corrected chi connectivity index (χ2v) is 7.11. The number of rotatable bonds is 5. The lowest BCUT2D eigenvalue weighted by Crippen LogP contribution is -2.43. The molecule has 3 atom stereocenters. The van der Waals surface area contributed by atoms with Gasteiger partial charge in [0.25, 0.3) is 0 Å². The molecule has 1 amide bonds. The van der Waals surface area contributed by atoms with E-state index in [0.29, 0.717) is 13.1 Å². The molecule has 140 valence electrons. The summed E-state index contributed by atoms with van der Waals surface area (Å²) in [6.07, 6.45) is 5.78. The van der Waals surface area contributed by atoms with Crippen molar-refractivity contribution in [1.82, 2.24) is 4.90 Å². The molecule has 2 aliphatic rings. The molecule has 1 aliphatic carbocycles. The number of hydrogen-bond donors (Lipinski definition) is 1. The molecule has 4 nitrogen and oxygen atoms in total. The van der Waals surface area contributed by atoms with Gasteiger partial charge in [-0.25, -0.2) is 4.39 Å². The summed E-state index contributed by atoms with van der Waals surface area (Å²) in [5, 5.41) is 0. The van der Waals surface area contributed by atoms with Crippen LogP contribution in [-0.4, -0.2) is 36.1 Å². The lowest BCUT2D eigenvalue weighted by atomic mass is 9.85. The fourth-order valence-corrected chi connectivity index (χ4v) is 3.83. The molecule has 1 saturated heterocycles. The molecule has 2 N–H and O–H groups in total. The van der Waals surface area contributed by atoms with E-state index in [1.165, 1.54) is 12.1 Å². The molecule has 0 aromatic heterocycles. The minimum atomic E-state index is -0.267. The number of halogens is 2. The fourth-order valence-electron chi connectivity index (χ4n) is 3.83. The van der Waals surface area contributed by atoms with E-state index in [-0.39, 0.29) is 42.2 Å². The van der Waals surface area contributed by atoms with Crippen LogP contribution in [0, 0.1) is 11.7 Å². The topological polar surface area (TPSA) is 55.6 Å². The number of ether oxygens (including phenoxy) is 1. The molecule has 1 heterocycles. The molecular weight excluding hydrogens is 343 g/mol. The van der Waals surface area contributed by atoms with E-state index in [1.807, 2.05) is 11.0 Å². The van der Waals surface area contributed by atoms with Crippen molar-refractivity contribution in [3.8, 4) is 0 Å². The van der Waals surface area contributed by atoms with E-state index >= 15 is 0 Å². The number of hydrogen-bond acceptors (Lipinski definition) is 3. The summed E-state index contributed by atoms with van der Waals surface area (Å²) >= 11 is 0. The minimum absolute atomic E-state index is 0. The average Bonchev–Trinajstić information content (AvgIpc) is 3.07. The van der Waals surface area contributed by atoms with Crippen molar-refractivity contribution in [2.45, 2.75) is 57.2 Å². The highest BCUT2D eigenvalue weighted by atomic mass is 35.5. The molecule has 0 radical (unpaired) electrons. The molecule has 25 heavy (non-hydrogen) atoms. The number of nitrogens with zero attached hydrogens (tertiary/aromatic N) is 1. The summed E-state index contributed by atoms with van der Waals surface area (Å²) in [6.45, 7) is 1.78. The molecule has 0 bridgehead atoms. The second kappa shape index (κ2) is 9.51. The Morgan fingerprint density at radius 1 is 1.28 bits per heavy atom. The summed E-state index contributed by atoms with van der Waals surface area (Å²) in [5.41, 5.74) is 6.87. The van der Waals surface area contributed by atoms with Crippen LogP contribution in [0.5, 0.6) is 0 Å². The van der Waals surface area contributed by atoms with Crippen LogP contribution in [0.2, 0.25) is 0 Å². The van der Waals surface area contributed by atoms with E-state index in [4.69, 9.17) is 10.5 Å². The summed E-state index contributed by atoms with van der Waals surface area (Å²) in [5.74, 6) is -0.134. The predicted octanol–water partition coefficient (Wildman–Crippen LogP) is 3.27. The van der Waals surface area contributed by atoms with Crippen LogP contribution in [0.1, 0.15) is 44.1 Å². The van der Waals surface area contributed by atoms with Crippen LogP contribution in [0.25, 0.3) is 0 Å². The first-order chi connectivity index (χ1) is 11.6. The molecule has 2 fully saturated rings. The van der Waals surface area contributed by atoms with Gasteiger partial charge in [-0.05, 0) is 49.8 Å². The number of carbonyl (C=O) groups is 1. The summed E-state index contributed by atoms with van der Waals surface area (Å²) in [4.78, 5) is 14.9.